The van der Waals surface area contributed by atoms with Crippen LogP contribution in [0.4, 0.5) is 9.80 Å². The van der Waals surface area contributed by atoms with E-state index < -0.39 is 0 Å². The van der Waals surface area contributed by atoms with Crippen molar-refractivity contribution in [1.29, 1.82) is 0 Å². The number of thiophene rings is 2. The number of ether oxygens (including phenoxy) is 1. The van der Waals surface area contributed by atoms with E-state index >= 15 is 0 Å². The quantitative estimate of drug-likeness (QED) is 0.868. The van der Waals surface area contributed by atoms with E-state index in [0.29, 0.717) is 0 Å². The molecule has 0 radical (unpaired) electrons. The van der Waals surface area contributed by atoms with Gasteiger partial charge in [0.15, 0.2) is 0 Å². The molecule has 2 atom stereocenters. The molecule has 1 fully saturated rings. The average molecular weight is 351 g/mol. The van der Waals surface area contributed by atoms with E-state index in [9.17, 15) is 4.79 Å². The Hall–Kier alpha value is -1.41. The third kappa shape index (κ3) is 4.32. The van der Waals surface area contributed by atoms with Crippen molar-refractivity contribution in [3.05, 3.63) is 39.9 Å². The molecule has 0 bridgehead atoms. The number of amides is 2. The van der Waals surface area contributed by atoms with Crippen LogP contribution in [0.1, 0.15) is 17.8 Å². The van der Waals surface area contributed by atoms with E-state index in [4.69, 9.17) is 4.74 Å². The highest BCUT2D eigenvalue weighted by Crippen LogP contribution is 2.29. The fraction of sp³-hybridized carbons (Fsp3) is 0.438. The van der Waals surface area contributed by atoms with Crippen molar-refractivity contribution in [2.45, 2.75) is 19.0 Å². The van der Waals surface area contributed by atoms with E-state index in [1.807, 2.05) is 17.5 Å². The average Bonchev–Trinajstić information content (AvgIpc) is 3.22. The molecule has 3 heterocycles. The van der Waals surface area contributed by atoms with Crippen LogP contribution in [-0.4, -0.2) is 43.3 Å². The minimum atomic E-state index is -0.158. The summed E-state index contributed by atoms with van der Waals surface area (Å²) in [6, 6.07) is 8.04. The molecule has 1 aliphatic heterocycles. The minimum Gasteiger partial charge on any atom is -0.379 e. The Balaban J connectivity index is 1.67. The van der Waals surface area contributed by atoms with Gasteiger partial charge >= 0.3 is 6.03 Å². The molecule has 2 aromatic rings. The van der Waals surface area contributed by atoms with Crippen molar-refractivity contribution >= 4 is 33.7 Å². The topological polar surface area (TPSA) is 53.6 Å². The molecule has 7 heteroatoms. The lowest BCUT2D eigenvalue weighted by Crippen LogP contribution is -2.49. The summed E-state index contributed by atoms with van der Waals surface area (Å²) in [7, 11) is 0. The van der Waals surface area contributed by atoms with Crippen LogP contribution in [0, 0.1) is 0 Å². The van der Waals surface area contributed by atoms with Crippen LogP contribution in [0.2, 0.25) is 0 Å². The summed E-state index contributed by atoms with van der Waals surface area (Å²) in [6.45, 7) is 5.34. The molecule has 1 aliphatic rings. The zero-order valence-electron chi connectivity index (χ0n) is 13.0. The fourth-order valence-electron chi connectivity index (χ4n) is 2.84. The predicted molar refractivity (Wildman–Crippen MR) is 95.4 cm³/mol. The molecule has 0 aromatic carbocycles. The van der Waals surface area contributed by atoms with Crippen molar-refractivity contribution < 1.29 is 9.53 Å². The Kier molecular flexibility index (Phi) is 5.66. The number of hydrogen-bond acceptors (Lipinski definition) is 5. The summed E-state index contributed by atoms with van der Waals surface area (Å²) in [5, 5.41) is 10.9. The Labute approximate surface area is 144 Å². The molecule has 0 aliphatic carbocycles. The lowest BCUT2D eigenvalue weighted by atomic mass is 10.1. The van der Waals surface area contributed by atoms with Gasteiger partial charge in [-0.3, -0.25) is 10.2 Å². The highest BCUT2D eigenvalue weighted by Gasteiger charge is 2.29. The SMILES string of the molecule is C[C@@H](NC(=O)Nc1cccs1)[C@H](c1cccs1)N1CCOCC1. The number of carbonyl (C=O) groups is 1. The second kappa shape index (κ2) is 7.92. The number of morpholine rings is 1. The molecule has 0 unspecified atom stereocenters. The second-order valence-electron chi connectivity index (χ2n) is 5.47. The van der Waals surface area contributed by atoms with E-state index in [0.717, 1.165) is 31.3 Å². The number of nitrogens with one attached hydrogen (secondary N) is 2. The zero-order chi connectivity index (χ0) is 16.1. The lowest BCUT2D eigenvalue weighted by Gasteiger charge is -2.37. The van der Waals surface area contributed by atoms with Crippen molar-refractivity contribution in [1.82, 2.24) is 10.2 Å². The Bertz CT molecular complexity index is 595. The van der Waals surface area contributed by atoms with E-state index in [2.05, 4.69) is 40.0 Å². The highest BCUT2D eigenvalue weighted by molar-refractivity contribution is 7.14. The first-order chi connectivity index (χ1) is 11.2. The van der Waals surface area contributed by atoms with Crippen LogP contribution in [0.5, 0.6) is 0 Å². The minimum absolute atomic E-state index is 0.00622. The number of nitrogens with zero attached hydrogens (tertiary/aromatic N) is 1. The van der Waals surface area contributed by atoms with Gasteiger partial charge in [0.1, 0.15) is 0 Å². The van der Waals surface area contributed by atoms with E-state index in [1.54, 1.807) is 11.3 Å². The zero-order valence-corrected chi connectivity index (χ0v) is 14.7. The number of hydrogen-bond donors (Lipinski definition) is 2. The van der Waals surface area contributed by atoms with Crippen LogP contribution < -0.4 is 10.6 Å². The summed E-state index contributed by atoms with van der Waals surface area (Å²) < 4.78 is 5.46. The summed E-state index contributed by atoms with van der Waals surface area (Å²) >= 11 is 3.25. The normalized spacial score (nSPS) is 18.3. The molecule has 2 amide bonds. The summed E-state index contributed by atoms with van der Waals surface area (Å²) in [5.41, 5.74) is 0. The first-order valence-corrected chi connectivity index (χ1v) is 9.46. The number of anilines is 1. The second-order valence-corrected chi connectivity index (χ2v) is 7.40. The molecule has 0 spiro atoms. The highest BCUT2D eigenvalue weighted by atomic mass is 32.1. The molecule has 3 rings (SSSR count). The molecule has 2 N–H and O–H groups in total. The monoisotopic (exact) mass is 351 g/mol. The number of carbonyl (C=O) groups excluding carboxylic acids is 1. The Morgan fingerprint density at radius 1 is 1.22 bits per heavy atom. The largest absolute Gasteiger partial charge is 0.379 e. The summed E-state index contributed by atoms with van der Waals surface area (Å²) in [5.74, 6) is 0. The van der Waals surface area contributed by atoms with Gasteiger partial charge in [0.2, 0.25) is 0 Å². The van der Waals surface area contributed by atoms with Gasteiger partial charge in [0.25, 0.3) is 0 Å². The molecule has 23 heavy (non-hydrogen) atoms. The fourth-order valence-corrected chi connectivity index (χ4v) is 4.42. The maximum Gasteiger partial charge on any atom is 0.320 e. The van der Waals surface area contributed by atoms with Gasteiger partial charge in [0, 0.05) is 24.0 Å². The third-order valence-electron chi connectivity index (χ3n) is 3.86. The van der Waals surface area contributed by atoms with Crippen LogP contribution >= 0.6 is 22.7 Å². The maximum atomic E-state index is 12.2. The predicted octanol–water partition coefficient (Wildman–Crippen LogP) is 3.39. The van der Waals surface area contributed by atoms with Crippen molar-refractivity contribution in [3.8, 4) is 0 Å². The van der Waals surface area contributed by atoms with Crippen LogP contribution in [-0.2, 0) is 4.74 Å². The van der Waals surface area contributed by atoms with Gasteiger partial charge in [-0.1, -0.05) is 6.07 Å². The number of rotatable bonds is 5. The first-order valence-electron chi connectivity index (χ1n) is 7.70. The van der Waals surface area contributed by atoms with Crippen molar-refractivity contribution in [2.24, 2.45) is 0 Å². The lowest BCUT2D eigenvalue weighted by molar-refractivity contribution is 0.0106. The summed E-state index contributed by atoms with van der Waals surface area (Å²) in [6.07, 6.45) is 0. The van der Waals surface area contributed by atoms with Gasteiger partial charge in [-0.05, 0) is 35.9 Å². The van der Waals surface area contributed by atoms with E-state index in [-0.39, 0.29) is 18.1 Å². The molecule has 1 saturated heterocycles. The number of urea groups is 1. The van der Waals surface area contributed by atoms with Gasteiger partial charge in [-0.2, -0.15) is 0 Å². The van der Waals surface area contributed by atoms with Crippen LogP contribution in [0.25, 0.3) is 0 Å². The standard InChI is InChI=1S/C16H21N3O2S2/c1-12(17-16(20)18-14-5-3-11-23-14)15(13-4-2-10-22-13)19-6-8-21-9-7-19/h2-5,10-12,15H,6-9H2,1H3,(H2,17,18,20)/t12-,15-/m1/s1. The molecular weight excluding hydrogens is 330 g/mol. The van der Waals surface area contributed by atoms with Gasteiger partial charge in [-0.25, -0.2) is 4.79 Å². The van der Waals surface area contributed by atoms with Crippen molar-refractivity contribution in [2.75, 3.05) is 31.6 Å². The van der Waals surface area contributed by atoms with Gasteiger partial charge < -0.3 is 10.1 Å². The van der Waals surface area contributed by atoms with Crippen LogP contribution in [0.15, 0.2) is 35.0 Å². The maximum absolute atomic E-state index is 12.2. The first kappa shape index (κ1) is 16.4. The molecule has 5 nitrogen and oxygen atoms in total. The van der Waals surface area contributed by atoms with Crippen molar-refractivity contribution in [3.63, 3.8) is 0 Å². The van der Waals surface area contributed by atoms with Gasteiger partial charge in [0.05, 0.1) is 24.3 Å². The van der Waals surface area contributed by atoms with Gasteiger partial charge in [-0.15, -0.1) is 22.7 Å². The Morgan fingerprint density at radius 3 is 2.61 bits per heavy atom. The van der Waals surface area contributed by atoms with Crippen LogP contribution in [0.3, 0.4) is 0 Å². The third-order valence-corrected chi connectivity index (χ3v) is 5.59. The molecular formula is C16H21N3O2S2. The van der Waals surface area contributed by atoms with E-state index in [1.165, 1.54) is 16.2 Å². The smallest absolute Gasteiger partial charge is 0.320 e. The molecule has 124 valence electrons. The molecule has 2 aromatic heterocycles. The summed E-state index contributed by atoms with van der Waals surface area (Å²) in [4.78, 5) is 15.9. The Morgan fingerprint density at radius 2 is 1.96 bits per heavy atom. The molecule has 0 saturated carbocycles.